The standard InChI is InChI=1S/C19H24N2OS.C2H6/c1-4-14-8-9-18(22-3)19(12-14)23-20-17-7-5-6-15-10-11-21(2)13-16(15)17;1-2/h5-9,12,20H,4,10-11,13H2,1-3H3;1-2H3. The van der Waals surface area contributed by atoms with Crippen LogP contribution in [0.15, 0.2) is 41.3 Å². The van der Waals surface area contributed by atoms with Gasteiger partial charge in [0.05, 0.1) is 12.0 Å². The third-order valence-electron chi connectivity index (χ3n) is 4.37. The van der Waals surface area contributed by atoms with Gasteiger partial charge in [0.25, 0.3) is 0 Å². The first-order valence-corrected chi connectivity index (χ1v) is 9.92. The van der Waals surface area contributed by atoms with Gasteiger partial charge in [0.2, 0.25) is 0 Å². The second kappa shape index (κ2) is 9.73. The second-order valence-corrected chi connectivity index (χ2v) is 6.82. The molecule has 0 fully saturated rings. The average Bonchev–Trinajstić information content (AvgIpc) is 2.67. The Balaban J connectivity index is 0.00000109. The molecule has 0 saturated carbocycles. The van der Waals surface area contributed by atoms with Crippen LogP contribution in [0.4, 0.5) is 5.69 Å². The number of aryl methyl sites for hydroxylation is 1. The first kappa shape index (κ1) is 19.7. The molecule has 0 unspecified atom stereocenters. The third kappa shape index (κ3) is 4.93. The second-order valence-electron chi connectivity index (χ2n) is 5.97. The van der Waals surface area contributed by atoms with Gasteiger partial charge >= 0.3 is 0 Å². The van der Waals surface area contributed by atoms with Gasteiger partial charge in [0.1, 0.15) is 5.75 Å². The third-order valence-corrected chi connectivity index (χ3v) is 5.23. The van der Waals surface area contributed by atoms with Crippen molar-refractivity contribution in [2.75, 3.05) is 25.4 Å². The zero-order valence-corrected chi connectivity index (χ0v) is 16.9. The van der Waals surface area contributed by atoms with Crippen LogP contribution in [0.3, 0.4) is 0 Å². The zero-order valence-electron chi connectivity index (χ0n) is 16.1. The van der Waals surface area contributed by atoms with Gasteiger partial charge in [-0.05, 0) is 66.7 Å². The van der Waals surface area contributed by atoms with E-state index in [-0.39, 0.29) is 0 Å². The molecule has 3 nitrogen and oxygen atoms in total. The zero-order chi connectivity index (χ0) is 18.2. The van der Waals surface area contributed by atoms with Crippen LogP contribution in [0.2, 0.25) is 0 Å². The summed E-state index contributed by atoms with van der Waals surface area (Å²) in [5, 5.41) is 0. The lowest BCUT2D eigenvalue weighted by Gasteiger charge is -2.27. The monoisotopic (exact) mass is 358 g/mol. The number of benzene rings is 2. The van der Waals surface area contributed by atoms with Gasteiger partial charge in [-0.3, -0.25) is 0 Å². The van der Waals surface area contributed by atoms with Crippen LogP contribution in [0.5, 0.6) is 5.75 Å². The summed E-state index contributed by atoms with van der Waals surface area (Å²) in [6.45, 7) is 8.31. The SMILES string of the molecule is CC.CCc1ccc(OC)c(SNc2cccc3c2CN(C)CC3)c1. The molecule has 0 aliphatic carbocycles. The molecule has 136 valence electrons. The molecule has 0 atom stereocenters. The molecular weight excluding hydrogens is 328 g/mol. The molecule has 2 aromatic rings. The molecule has 4 heteroatoms. The van der Waals surface area contributed by atoms with Gasteiger partial charge in [-0.2, -0.15) is 0 Å². The number of ether oxygens (including phenoxy) is 1. The van der Waals surface area contributed by atoms with Crippen molar-refractivity contribution in [3.05, 3.63) is 53.1 Å². The Morgan fingerprint density at radius 3 is 2.72 bits per heavy atom. The van der Waals surface area contributed by atoms with Crippen LogP contribution < -0.4 is 9.46 Å². The summed E-state index contributed by atoms with van der Waals surface area (Å²) in [5.74, 6) is 0.918. The lowest BCUT2D eigenvalue weighted by atomic mass is 9.99. The highest BCUT2D eigenvalue weighted by Gasteiger charge is 2.16. The van der Waals surface area contributed by atoms with Gasteiger partial charge in [-0.15, -0.1) is 0 Å². The van der Waals surface area contributed by atoms with Crippen molar-refractivity contribution in [3.8, 4) is 5.75 Å². The fourth-order valence-electron chi connectivity index (χ4n) is 2.94. The maximum absolute atomic E-state index is 5.49. The molecule has 2 aromatic carbocycles. The molecule has 1 N–H and O–H groups in total. The van der Waals surface area contributed by atoms with E-state index in [1.807, 2.05) is 13.8 Å². The minimum Gasteiger partial charge on any atom is -0.496 e. The molecule has 0 spiro atoms. The summed E-state index contributed by atoms with van der Waals surface area (Å²) in [6.07, 6.45) is 2.16. The summed E-state index contributed by atoms with van der Waals surface area (Å²) in [7, 11) is 3.91. The van der Waals surface area contributed by atoms with E-state index >= 15 is 0 Å². The molecule has 25 heavy (non-hydrogen) atoms. The highest BCUT2D eigenvalue weighted by Crippen LogP contribution is 2.34. The number of fused-ring (bicyclic) bond motifs is 1. The Labute approximate surface area is 156 Å². The van der Waals surface area contributed by atoms with E-state index in [9.17, 15) is 0 Å². The molecule has 0 saturated heterocycles. The lowest BCUT2D eigenvalue weighted by molar-refractivity contribution is 0.313. The molecule has 0 bridgehead atoms. The number of anilines is 1. The van der Waals surface area contributed by atoms with Crippen LogP contribution in [0.25, 0.3) is 0 Å². The molecule has 0 aromatic heterocycles. The topological polar surface area (TPSA) is 24.5 Å². The van der Waals surface area contributed by atoms with Crippen molar-refractivity contribution in [2.45, 2.75) is 45.1 Å². The Kier molecular flexibility index (Phi) is 7.66. The van der Waals surface area contributed by atoms with Crippen molar-refractivity contribution in [1.29, 1.82) is 0 Å². The smallest absolute Gasteiger partial charge is 0.134 e. The molecule has 0 amide bonds. The molecule has 1 aliphatic rings. The van der Waals surface area contributed by atoms with Crippen LogP contribution >= 0.6 is 11.9 Å². The molecule has 1 heterocycles. The molecule has 3 rings (SSSR count). The van der Waals surface area contributed by atoms with Crippen molar-refractivity contribution in [2.24, 2.45) is 0 Å². The predicted molar refractivity (Wildman–Crippen MR) is 110 cm³/mol. The van der Waals surface area contributed by atoms with Crippen molar-refractivity contribution in [3.63, 3.8) is 0 Å². The maximum Gasteiger partial charge on any atom is 0.134 e. The van der Waals surface area contributed by atoms with E-state index in [1.54, 1.807) is 19.1 Å². The fraction of sp³-hybridized carbons (Fsp3) is 0.429. The summed E-state index contributed by atoms with van der Waals surface area (Å²) < 4.78 is 9.04. The lowest BCUT2D eigenvalue weighted by Crippen LogP contribution is -2.27. The number of hydrogen-bond acceptors (Lipinski definition) is 4. The fourth-order valence-corrected chi connectivity index (χ4v) is 3.82. The predicted octanol–water partition coefficient (Wildman–Crippen LogP) is 5.39. The normalized spacial score (nSPS) is 13.5. The summed E-state index contributed by atoms with van der Waals surface area (Å²) in [4.78, 5) is 3.50. The van der Waals surface area contributed by atoms with Gasteiger partial charge < -0.3 is 14.4 Å². The number of nitrogens with zero attached hydrogens (tertiary/aromatic N) is 1. The van der Waals surface area contributed by atoms with Crippen LogP contribution in [0, 0.1) is 0 Å². The summed E-state index contributed by atoms with van der Waals surface area (Å²) >= 11 is 1.63. The van der Waals surface area contributed by atoms with Crippen LogP contribution in [-0.4, -0.2) is 25.6 Å². The van der Waals surface area contributed by atoms with Gasteiger partial charge in [0.15, 0.2) is 0 Å². The molecular formula is C21H30N2OS. The first-order chi connectivity index (χ1) is 12.2. The van der Waals surface area contributed by atoms with Gasteiger partial charge in [-0.25, -0.2) is 0 Å². The summed E-state index contributed by atoms with van der Waals surface area (Å²) in [6, 6.07) is 12.9. The molecule has 0 radical (unpaired) electrons. The van der Waals surface area contributed by atoms with Crippen molar-refractivity contribution < 1.29 is 4.74 Å². The van der Waals surface area contributed by atoms with Crippen LogP contribution in [-0.2, 0) is 19.4 Å². The number of nitrogens with one attached hydrogen (secondary N) is 1. The number of hydrogen-bond donors (Lipinski definition) is 1. The van der Waals surface area contributed by atoms with E-state index in [0.29, 0.717) is 0 Å². The Morgan fingerprint density at radius 1 is 1.20 bits per heavy atom. The minimum absolute atomic E-state index is 0.918. The molecule has 1 aliphatic heterocycles. The quantitative estimate of drug-likeness (QED) is 0.724. The number of methoxy groups -OCH3 is 1. The van der Waals surface area contributed by atoms with E-state index < -0.39 is 0 Å². The largest absolute Gasteiger partial charge is 0.496 e. The van der Waals surface area contributed by atoms with E-state index in [4.69, 9.17) is 4.74 Å². The Morgan fingerprint density at radius 2 is 2.00 bits per heavy atom. The van der Waals surface area contributed by atoms with Crippen molar-refractivity contribution in [1.82, 2.24) is 4.90 Å². The Bertz CT molecular complexity index is 688. The number of likely N-dealkylation sites (N-methyl/N-ethyl adjacent to an activating group) is 1. The van der Waals surface area contributed by atoms with E-state index in [0.717, 1.165) is 36.6 Å². The summed E-state index contributed by atoms with van der Waals surface area (Å²) in [5.41, 5.74) is 5.41. The van der Waals surface area contributed by atoms with E-state index in [1.165, 1.54) is 22.4 Å². The van der Waals surface area contributed by atoms with Gasteiger partial charge in [0, 0.05) is 18.8 Å². The van der Waals surface area contributed by atoms with E-state index in [2.05, 4.69) is 60.0 Å². The number of rotatable bonds is 5. The maximum atomic E-state index is 5.49. The Hall–Kier alpha value is -1.65. The highest BCUT2D eigenvalue weighted by molar-refractivity contribution is 8.00. The highest BCUT2D eigenvalue weighted by atomic mass is 32.2. The average molecular weight is 359 g/mol. The van der Waals surface area contributed by atoms with Crippen LogP contribution in [0.1, 0.15) is 37.5 Å². The minimum atomic E-state index is 0.918. The van der Waals surface area contributed by atoms with Gasteiger partial charge in [-0.1, -0.05) is 39.0 Å². The van der Waals surface area contributed by atoms with Crippen molar-refractivity contribution >= 4 is 17.6 Å². The first-order valence-electron chi connectivity index (χ1n) is 9.10.